The first-order valence-electron chi connectivity index (χ1n) is 0. The van der Waals surface area contributed by atoms with Gasteiger partial charge in [0.15, 0.2) is 0 Å². The Kier molecular flexibility index (Phi) is 15500000. The molecule has 0 aliphatic carbocycles. The Morgan fingerprint density at radius 2 is 0.500 bits per heavy atom. The molecule has 0 N–H and O–H groups in total. The Hall–Kier alpha value is -0.103. The molecule has 6 heavy (non-hydrogen) atoms. The van der Waals surface area contributed by atoms with Crippen molar-refractivity contribution < 1.29 is 24.3 Å². The third-order valence-electron chi connectivity index (χ3n) is 0. The van der Waals surface area contributed by atoms with Crippen molar-refractivity contribution in [3.05, 3.63) is 0 Å². The minimum atomic E-state index is 0. The molecule has 0 aromatic rings. The van der Waals surface area contributed by atoms with Crippen LogP contribution < -0.4 is 0 Å². The molecule has 0 rings (SSSR count). The van der Waals surface area contributed by atoms with Crippen LogP contribution in [0.2, 0.25) is 0 Å². The van der Waals surface area contributed by atoms with E-state index in [9.17, 15) is 0 Å². The minimum Gasteiger partial charge on any atom is -0.269 e. The standard InChI is InChI=1S/4FH.O.H4Si/h4*1H;;1H4. The van der Waals surface area contributed by atoms with E-state index in [-0.39, 0.29) is 35.3 Å². The third kappa shape index (κ3) is 3080. The molecule has 0 amide bonds. The molecule has 0 saturated carbocycles. The second-order valence-corrected chi connectivity index (χ2v) is 0. The summed E-state index contributed by atoms with van der Waals surface area (Å²) < 4.78 is 0. The Bertz CT molecular complexity index is 7.51. The largest absolute Gasteiger partial charge is 0.269 e. The second kappa shape index (κ2) is 6990. The summed E-state index contributed by atoms with van der Waals surface area (Å²) in [6.45, 7) is 0. The fourth-order valence-corrected chi connectivity index (χ4v) is 0. The van der Waals surface area contributed by atoms with Crippen LogP contribution in [0, 0.1) is 0 Å². The van der Waals surface area contributed by atoms with Crippen LogP contribution in [0.4, 0.5) is 18.8 Å². The van der Waals surface area contributed by atoms with Gasteiger partial charge in [0.25, 0.3) is 0 Å². The Balaban J connectivity index is 0. The highest BCUT2D eigenvalue weighted by Gasteiger charge is 0.0000841. The van der Waals surface area contributed by atoms with Crippen LogP contribution in [0.5, 0.6) is 0 Å². The van der Waals surface area contributed by atoms with E-state index in [1.807, 2.05) is 0 Å². The van der Waals surface area contributed by atoms with E-state index in [2.05, 4.69) is 0 Å². The van der Waals surface area contributed by atoms with Gasteiger partial charge in [-0.3, -0.25) is 18.8 Å². The van der Waals surface area contributed by atoms with Crippen LogP contribution in [0.3, 0.4) is 0 Å². The maximum atomic E-state index is 0. The highest BCUT2D eigenvalue weighted by Crippen LogP contribution is 0.423. The van der Waals surface area contributed by atoms with Crippen molar-refractivity contribution in [2.24, 2.45) is 0 Å². The van der Waals surface area contributed by atoms with Gasteiger partial charge in [0.1, 0.15) is 0 Å². The molecular formula is H8F4OSi. The normalized spacial score (nSPS) is 0. The number of halogens is 4. The van der Waals surface area contributed by atoms with Crippen LogP contribution in [-0.4, -0.2) is 11.0 Å². The topological polar surface area (TPSA) is 28.5 Å². The number of hydrogen-bond donors (Lipinski definition) is 0. The lowest BCUT2D eigenvalue weighted by atomic mass is 16.0. The number of rotatable bonds is 0. The molecule has 0 spiro atoms. The molecular weight excluding hydrogens is 120 g/mol. The van der Waals surface area contributed by atoms with Gasteiger partial charge in [0, 0.05) is 5.48 Å². The Labute approximate surface area is 36.5 Å². The van der Waals surface area contributed by atoms with E-state index in [4.69, 9.17) is 0 Å². The molecule has 0 aliphatic heterocycles. The fourth-order valence-electron chi connectivity index (χ4n) is 0. The van der Waals surface area contributed by atoms with Gasteiger partial charge in [-0.15, -0.1) is 0 Å². The molecule has 0 atom stereocenters. The molecule has 0 heterocycles. The highest BCUT2D eigenvalue weighted by molar-refractivity contribution is 5.75. The minimum absolute atomic E-state index is 0. The lowest BCUT2D eigenvalue weighted by Crippen LogP contribution is -0.381. The third-order valence-corrected chi connectivity index (χ3v) is 0. The molecule has 2 radical (unpaired) electrons. The smallest absolute Gasteiger partial charge is 0 e. The molecule has 0 saturated heterocycles. The van der Waals surface area contributed by atoms with E-state index in [1.54, 1.807) is 0 Å². The summed E-state index contributed by atoms with van der Waals surface area (Å²) in [7, 11) is 0. The zero-order valence-electron chi connectivity index (χ0n) is 2.04. The van der Waals surface area contributed by atoms with Gasteiger partial charge < -0.3 is 0 Å². The summed E-state index contributed by atoms with van der Waals surface area (Å²) in [5, 5.41) is 0. The van der Waals surface area contributed by atoms with Gasteiger partial charge in [-0.05, 0) is 11.0 Å². The van der Waals surface area contributed by atoms with Crippen molar-refractivity contribution >= 4 is 11.0 Å². The summed E-state index contributed by atoms with van der Waals surface area (Å²) >= 11 is 0. The predicted octanol–water partition coefficient (Wildman–Crippen LogP) is -0.960. The van der Waals surface area contributed by atoms with Gasteiger partial charge in [0.05, 0.1) is 0 Å². The quantitative estimate of drug-likeness (QED) is 0.297. The van der Waals surface area contributed by atoms with Crippen molar-refractivity contribution in [1.29, 1.82) is 0 Å². The Morgan fingerprint density at radius 3 is 0.500 bits per heavy atom. The average Bonchev–Trinajstić information content (AvgIpc) is 0. The summed E-state index contributed by atoms with van der Waals surface area (Å²) in [5.74, 6) is 0. The van der Waals surface area contributed by atoms with E-state index >= 15 is 0 Å². The SMILES string of the molecule is F.F.F.F.[O].[SiH4]. The summed E-state index contributed by atoms with van der Waals surface area (Å²) in [5.41, 5.74) is 0. The molecule has 0 aromatic heterocycles. The highest BCUT2D eigenvalue weighted by atomic mass is 28.1. The fraction of sp³-hybridized carbons (Fsp3) is 0. The zero-order valence-corrected chi connectivity index (χ0v) is 2.04. The molecule has 0 fully saturated rings. The van der Waals surface area contributed by atoms with Gasteiger partial charge in [0.2, 0.25) is 0 Å². The Morgan fingerprint density at radius 1 is 0.500 bits per heavy atom. The first-order valence-corrected chi connectivity index (χ1v) is 0. The van der Waals surface area contributed by atoms with Gasteiger partial charge in [-0.2, -0.15) is 0 Å². The average molecular weight is 128 g/mol. The van der Waals surface area contributed by atoms with Gasteiger partial charge >= 0.3 is 0 Å². The second-order valence-electron chi connectivity index (χ2n) is 0. The van der Waals surface area contributed by atoms with E-state index in [1.165, 1.54) is 0 Å². The molecule has 6 heteroatoms. The van der Waals surface area contributed by atoms with Crippen LogP contribution in [0.1, 0.15) is 0 Å². The van der Waals surface area contributed by atoms with Crippen molar-refractivity contribution in [3.8, 4) is 0 Å². The number of hydrogen-bond acceptors (Lipinski definition) is 0. The van der Waals surface area contributed by atoms with Gasteiger partial charge in [-0.25, -0.2) is 0 Å². The maximum Gasteiger partial charge on any atom is 0 e. The molecule has 0 unspecified atom stereocenters. The van der Waals surface area contributed by atoms with Crippen LogP contribution in [-0.2, 0) is 5.48 Å². The first-order chi connectivity index (χ1) is 0. The van der Waals surface area contributed by atoms with E-state index in [0.717, 1.165) is 0 Å². The van der Waals surface area contributed by atoms with Crippen molar-refractivity contribution in [1.82, 2.24) is 0 Å². The summed E-state index contributed by atoms with van der Waals surface area (Å²) in [4.78, 5) is 0. The zero-order chi connectivity index (χ0) is 0. The van der Waals surface area contributed by atoms with E-state index in [0.29, 0.717) is 0 Å². The van der Waals surface area contributed by atoms with Crippen LogP contribution in [0.25, 0.3) is 0 Å². The molecule has 1 nitrogen and oxygen atoms in total. The molecule has 0 aliphatic rings. The van der Waals surface area contributed by atoms with Gasteiger partial charge in [-0.1, -0.05) is 0 Å². The molecule has 46 valence electrons. The predicted molar refractivity (Wildman–Crippen MR) is 22.0 cm³/mol. The maximum absolute atomic E-state index is 0. The first kappa shape index (κ1) is 13300. The summed E-state index contributed by atoms with van der Waals surface area (Å²) in [6, 6.07) is 0. The van der Waals surface area contributed by atoms with E-state index < -0.39 is 0 Å². The van der Waals surface area contributed by atoms with Crippen molar-refractivity contribution in [2.45, 2.75) is 0 Å². The monoisotopic (exact) mass is 128 g/mol. The lowest BCUT2D eigenvalue weighted by molar-refractivity contribution is 0.686. The summed E-state index contributed by atoms with van der Waals surface area (Å²) in [6.07, 6.45) is 0. The van der Waals surface area contributed by atoms with Crippen LogP contribution >= 0.6 is 0 Å². The van der Waals surface area contributed by atoms with Crippen molar-refractivity contribution in [3.63, 3.8) is 0 Å². The lowest BCUT2D eigenvalue weighted by Gasteiger charge is -0.270. The van der Waals surface area contributed by atoms with Crippen LogP contribution in [0.15, 0.2) is 0 Å². The van der Waals surface area contributed by atoms with Crippen molar-refractivity contribution in [2.75, 3.05) is 0 Å². The molecule has 0 aromatic carbocycles. The molecule has 0 bridgehead atoms.